The summed E-state index contributed by atoms with van der Waals surface area (Å²) < 4.78 is 40.4. The Labute approximate surface area is 174 Å². The van der Waals surface area contributed by atoms with Crippen LogP contribution in [0.25, 0.3) is 0 Å². The molecule has 10 heteroatoms. The fourth-order valence-corrected chi connectivity index (χ4v) is 6.36. The zero-order chi connectivity index (χ0) is 21.6. The lowest BCUT2D eigenvalue weighted by Gasteiger charge is -2.35. The van der Waals surface area contributed by atoms with E-state index in [0.29, 0.717) is 19.4 Å². The predicted octanol–water partition coefficient (Wildman–Crippen LogP) is 0.950. The molecule has 0 aromatic heterocycles. The minimum Gasteiger partial charge on any atom is -0.336 e. The number of rotatable bonds is 5. The molecule has 3 aliphatic rings. The number of sulfonamides is 1. The van der Waals surface area contributed by atoms with E-state index in [2.05, 4.69) is 6.07 Å². The van der Waals surface area contributed by atoms with E-state index >= 15 is 0 Å². The monoisotopic (exact) mass is 434 g/mol. The first kappa shape index (κ1) is 20.8. The van der Waals surface area contributed by atoms with Crippen LogP contribution in [0.15, 0.2) is 29.2 Å². The number of likely N-dealkylation sites (tertiary alicyclic amines) is 2. The molecule has 0 radical (unpaired) electrons. The fourth-order valence-electron chi connectivity index (χ4n) is 4.69. The van der Waals surface area contributed by atoms with Gasteiger partial charge in [0.2, 0.25) is 21.8 Å². The highest BCUT2D eigenvalue weighted by Gasteiger charge is 2.54. The van der Waals surface area contributed by atoms with Gasteiger partial charge in [0, 0.05) is 25.7 Å². The van der Waals surface area contributed by atoms with Crippen molar-refractivity contribution < 1.29 is 22.4 Å². The van der Waals surface area contributed by atoms with E-state index in [0.717, 1.165) is 22.9 Å². The molecule has 3 saturated heterocycles. The van der Waals surface area contributed by atoms with Crippen molar-refractivity contribution in [1.82, 2.24) is 14.1 Å². The largest absolute Gasteiger partial charge is 0.336 e. The zero-order valence-electron chi connectivity index (χ0n) is 16.6. The second-order valence-electron chi connectivity index (χ2n) is 8.15. The van der Waals surface area contributed by atoms with Gasteiger partial charge in [-0.1, -0.05) is 13.0 Å². The Morgan fingerprint density at radius 1 is 1.40 bits per heavy atom. The van der Waals surface area contributed by atoms with Crippen LogP contribution < -0.4 is 0 Å². The van der Waals surface area contributed by atoms with E-state index < -0.39 is 33.8 Å². The van der Waals surface area contributed by atoms with Gasteiger partial charge in [-0.05, 0) is 37.5 Å². The van der Waals surface area contributed by atoms with Gasteiger partial charge in [-0.3, -0.25) is 9.59 Å². The molecule has 1 aromatic rings. The van der Waals surface area contributed by atoms with E-state index in [1.807, 2.05) is 0 Å². The Bertz CT molecular complexity index is 1020. The lowest BCUT2D eigenvalue weighted by atomic mass is 10.1. The number of hydrogen-bond donors (Lipinski definition) is 0. The first-order valence-electron chi connectivity index (χ1n) is 10.0. The van der Waals surface area contributed by atoms with Gasteiger partial charge >= 0.3 is 0 Å². The van der Waals surface area contributed by atoms with Crippen molar-refractivity contribution in [2.24, 2.45) is 5.92 Å². The summed E-state index contributed by atoms with van der Waals surface area (Å²) in [5.41, 5.74) is 0. The number of fused-ring (bicyclic) bond motifs is 2. The van der Waals surface area contributed by atoms with Gasteiger partial charge in [-0.2, -0.15) is 9.57 Å². The highest BCUT2D eigenvalue weighted by Crippen LogP contribution is 2.36. The molecule has 2 bridgehead atoms. The molecule has 0 saturated carbocycles. The molecule has 0 aliphatic carbocycles. The van der Waals surface area contributed by atoms with Crippen molar-refractivity contribution in [3.63, 3.8) is 0 Å². The molecule has 2 amide bonds. The Hall–Kier alpha value is -2.51. The SMILES string of the molecule is C[C@@H](CN1C(=O)[C@@H]2C[C@H]1CN2S(=O)(=O)c1cccc(F)c1)C(=O)N1CCC[C@H]1C#N. The summed E-state index contributed by atoms with van der Waals surface area (Å²) in [7, 11) is -3.98. The van der Waals surface area contributed by atoms with Gasteiger partial charge in [0.1, 0.15) is 17.9 Å². The second kappa shape index (κ2) is 7.63. The average Bonchev–Trinajstić information content (AvgIpc) is 3.43. The first-order valence-corrected chi connectivity index (χ1v) is 11.5. The number of halogens is 1. The van der Waals surface area contributed by atoms with Gasteiger partial charge in [0.15, 0.2) is 0 Å². The smallest absolute Gasteiger partial charge is 0.243 e. The van der Waals surface area contributed by atoms with Gasteiger partial charge < -0.3 is 9.80 Å². The minimum absolute atomic E-state index is 0.126. The van der Waals surface area contributed by atoms with Crippen molar-refractivity contribution in [3.8, 4) is 6.07 Å². The van der Waals surface area contributed by atoms with E-state index in [9.17, 15) is 27.7 Å². The summed E-state index contributed by atoms with van der Waals surface area (Å²) >= 11 is 0. The molecule has 3 fully saturated rings. The van der Waals surface area contributed by atoms with Crippen LogP contribution in [0.3, 0.4) is 0 Å². The maximum absolute atomic E-state index is 13.5. The van der Waals surface area contributed by atoms with E-state index in [-0.39, 0.29) is 35.8 Å². The number of carbonyl (C=O) groups excluding carboxylic acids is 2. The maximum atomic E-state index is 13.5. The van der Waals surface area contributed by atoms with Crippen LogP contribution in [0.5, 0.6) is 0 Å². The molecule has 3 heterocycles. The molecule has 4 atom stereocenters. The van der Waals surface area contributed by atoms with Crippen molar-refractivity contribution in [2.75, 3.05) is 19.6 Å². The fraction of sp³-hybridized carbons (Fsp3) is 0.550. The number of nitriles is 1. The van der Waals surface area contributed by atoms with Gasteiger partial charge in [0.25, 0.3) is 0 Å². The molecular weight excluding hydrogens is 411 g/mol. The number of hydrogen-bond acceptors (Lipinski definition) is 5. The van der Waals surface area contributed by atoms with Crippen LogP contribution in [-0.4, -0.2) is 72.1 Å². The van der Waals surface area contributed by atoms with Gasteiger partial charge in [-0.15, -0.1) is 0 Å². The summed E-state index contributed by atoms with van der Waals surface area (Å²) in [6.45, 7) is 2.60. The topological polar surface area (TPSA) is 102 Å². The Balaban J connectivity index is 1.45. The van der Waals surface area contributed by atoms with Crippen molar-refractivity contribution >= 4 is 21.8 Å². The van der Waals surface area contributed by atoms with Gasteiger partial charge in [0.05, 0.1) is 16.9 Å². The normalized spacial score (nSPS) is 27.5. The molecule has 3 aliphatic heterocycles. The number of amides is 2. The van der Waals surface area contributed by atoms with Crippen LogP contribution in [0, 0.1) is 23.1 Å². The molecule has 8 nitrogen and oxygen atoms in total. The van der Waals surface area contributed by atoms with E-state index in [1.54, 1.807) is 16.7 Å². The van der Waals surface area contributed by atoms with Crippen LogP contribution in [0.2, 0.25) is 0 Å². The third-order valence-corrected chi connectivity index (χ3v) is 8.09. The molecule has 0 unspecified atom stereocenters. The highest BCUT2D eigenvalue weighted by atomic mass is 32.2. The molecule has 1 aromatic carbocycles. The zero-order valence-corrected chi connectivity index (χ0v) is 17.4. The summed E-state index contributed by atoms with van der Waals surface area (Å²) in [6, 6.07) is 5.34. The lowest BCUT2D eigenvalue weighted by Crippen LogP contribution is -2.54. The molecule has 4 rings (SSSR count). The summed E-state index contributed by atoms with van der Waals surface area (Å²) in [5, 5.41) is 9.20. The predicted molar refractivity (Wildman–Crippen MR) is 104 cm³/mol. The van der Waals surface area contributed by atoms with Crippen molar-refractivity contribution in [3.05, 3.63) is 30.1 Å². The molecule has 0 N–H and O–H groups in total. The first-order chi connectivity index (χ1) is 14.2. The van der Waals surface area contributed by atoms with Crippen LogP contribution in [0.4, 0.5) is 4.39 Å². The summed E-state index contributed by atoms with van der Waals surface area (Å²) in [5.74, 6) is -1.61. The third kappa shape index (κ3) is 3.36. The maximum Gasteiger partial charge on any atom is 0.243 e. The van der Waals surface area contributed by atoms with Gasteiger partial charge in [-0.25, -0.2) is 12.8 Å². The Kier molecular flexibility index (Phi) is 5.28. The number of nitrogens with zero attached hydrogens (tertiary/aromatic N) is 4. The second-order valence-corrected chi connectivity index (χ2v) is 10.0. The Morgan fingerprint density at radius 2 is 2.17 bits per heavy atom. The van der Waals surface area contributed by atoms with Crippen molar-refractivity contribution in [2.45, 2.75) is 49.2 Å². The average molecular weight is 434 g/mol. The van der Waals surface area contributed by atoms with Crippen LogP contribution in [-0.2, 0) is 19.6 Å². The summed E-state index contributed by atoms with van der Waals surface area (Å²) in [4.78, 5) is 28.6. The third-order valence-electron chi connectivity index (χ3n) is 6.22. The molecule has 0 spiro atoms. The molecular formula is C20H23FN4O4S. The lowest BCUT2D eigenvalue weighted by molar-refractivity contribution is -0.139. The Morgan fingerprint density at radius 3 is 2.83 bits per heavy atom. The van der Waals surface area contributed by atoms with E-state index in [1.165, 1.54) is 12.1 Å². The number of carbonyl (C=O) groups is 2. The van der Waals surface area contributed by atoms with Crippen molar-refractivity contribution in [1.29, 1.82) is 5.26 Å². The number of benzene rings is 1. The highest BCUT2D eigenvalue weighted by molar-refractivity contribution is 7.89. The van der Waals surface area contributed by atoms with Crippen LogP contribution >= 0.6 is 0 Å². The molecule has 30 heavy (non-hydrogen) atoms. The summed E-state index contributed by atoms with van der Waals surface area (Å²) in [6.07, 6.45) is 1.81. The minimum atomic E-state index is -3.98. The van der Waals surface area contributed by atoms with E-state index in [4.69, 9.17) is 0 Å². The van der Waals surface area contributed by atoms with Crippen LogP contribution in [0.1, 0.15) is 26.2 Å². The quantitative estimate of drug-likeness (QED) is 0.687. The standard InChI is InChI=1S/C20H23FN4O4S/c1-13(19(26)23-7-3-5-15(23)10-22)11-24-16-9-18(20(24)27)25(12-16)30(28,29)17-6-2-4-14(21)8-17/h2,4,6,8,13,15-16,18H,3,5,7,9,11-12H2,1H3/t13-,15-,16-,18-/m0/s1. The molecule has 160 valence electrons. The number of piperazine rings is 1.